The Kier molecular flexibility index (Phi) is 6.56. The van der Waals surface area contributed by atoms with E-state index in [0.717, 1.165) is 19.3 Å². The number of amides is 2. The standard InChI is InChI=1S/C15H22N2O3/c1-4-5-6-10-20-14-9-7-8-13(16-11(2)18)15(14)17-12(3)19/h7-9H,4-6,10H2,1-3H3,(H,16,18)(H,17,19). The van der Waals surface area contributed by atoms with Crippen molar-refractivity contribution >= 4 is 23.2 Å². The smallest absolute Gasteiger partial charge is 0.221 e. The molecule has 1 aromatic carbocycles. The molecule has 0 radical (unpaired) electrons. The molecule has 1 rings (SSSR count). The summed E-state index contributed by atoms with van der Waals surface area (Å²) in [5.41, 5.74) is 1.05. The fourth-order valence-electron chi connectivity index (χ4n) is 1.78. The van der Waals surface area contributed by atoms with Crippen molar-refractivity contribution in [2.75, 3.05) is 17.2 Å². The van der Waals surface area contributed by atoms with E-state index in [4.69, 9.17) is 4.74 Å². The molecule has 0 spiro atoms. The van der Waals surface area contributed by atoms with Gasteiger partial charge in [-0.2, -0.15) is 0 Å². The molecule has 0 atom stereocenters. The van der Waals surface area contributed by atoms with Crippen molar-refractivity contribution in [1.82, 2.24) is 0 Å². The first-order chi connectivity index (χ1) is 9.54. The average Bonchev–Trinajstić information content (AvgIpc) is 2.37. The number of hydrogen-bond acceptors (Lipinski definition) is 3. The number of nitrogens with one attached hydrogen (secondary N) is 2. The van der Waals surface area contributed by atoms with Crippen molar-refractivity contribution in [3.05, 3.63) is 18.2 Å². The third-order valence-corrected chi connectivity index (χ3v) is 2.64. The number of unbranched alkanes of at least 4 members (excludes halogenated alkanes) is 2. The summed E-state index contributed by atoms with van der Waals surface area (Å²) in [6.07, 6.45) is 3.18. The summed E-state index contributed by atoms with van der Waals surface area (Å²) < 4.78 is 5.70. The highest BCUT2D eigenvalue weighted by Gasteiger charge is 2.12. The molecule has 0 aliphatic rings. The van der Waals surface area contributed by atoms with Crippen LogP contribution in [-0.2, 0) is 9.59 Å². The Morgan fingerprint density at radius 3 is 2.40 bits per heavy atom. The zero-order valence-electron chi connectivity index (χ0n) is 12.3. The van der Waals surface area contributed by atoms with Crippen LogP contribution in [-0.4, -0.2) is 18.4 Å². The Labute approximate surface area is 119 Å². The molecule has 0 saturated heterocycles. The summed E-state index contributed by atoms with van der Waals surface area (Å²) in [6, 6.07) is 5.29. The van der Waals surface area contributed by atoms with Crippen molar-refractivity contribution in [3.8, 4) is 5.75 Å². The van der Waals surface area contributed by atoms with Crippen molar-refractivity contribution < 1.29 is 14.3 Å². The number of benzene rings is 1. The van der Waals surface area contributed by atoms with Gasteiger partial charge in [-0.1, -0.05) is 25.8 Å². The van der Waals surface area contributed by atoms with Gasteiger partial charge < -0.3 is 15.4 Å². The number of para-hydroxylation sites is 1. The minimum absolute atomic E-state index is 0.195. The Balaban J connectivity index is 2.90. The van der Waals surface area contributed by atoms with Crippen LogP contribution in [0, 0.1) is 0 Å². The largest absolute Gasteiger partial charge is 0.491 e. The first-order valence-corrected chi connectivity index (χ1v) is 6.85. The van der Waals surface area contributed by atoms with Crippen LogP contribution in [0.25, 0.3) is 0 Å². The number of ether oxygens (including phenoxy) is 1. The maximum atomic E-state index is 11.3. The van der Waals surface area contributed by atoms with E-state index in [-0.39, 0.29) is 11.8 Å². The van der Waals surface area contributed by atoms with Crippen LogP contribution in [0.2, 0.25) is 0 Å². The average molecular weight is 278 g/mol. The van der Waals surface area contributed by atoms with Gasteiger partial charge in [0.2, 0.25) is 11.8 Å². The van der Waals surface area contributed by atoms with E-state index in [1.807, 2.05) is 0 Å². The van der Waals surface area contributed by atoms with Crippen LogP contribution in [0.15, 0.2) is 18.2 Å². The molecule has 0 saturated carbocycles. The zero-order chi connectivity index (χ0) is 15.0. The maximum Gasteiger partial charge on any atom is 0.221 e. The Morgan fingerprint density at radius 2 is 1.80 bits per heavy atom. The molecule has 110 valence electrons. The van der Waals surface area contributed by atoms with E-state index in [1.54, 1.807) is 18.2 Å². The normalized spacial score (nSPS) is 9.95. The molecular formula is C15H22N2O3. The topological polar surface area (TPSA) is 67.4 Å². The number of anilines is 2. The molecule has 5 nitrogen and oxygen atoms in total. The van der Waals surface area contributed by atoms with Gasteiger partial charge in [0, 0.05) is 13.8 Å². The van der Waals surface area contributed by atoms with Crippen molar-refractivity contribution in [1.29, 1.82) is 0 Å². The lowest BCUT2D eigenvalue weighted by molar-refractivity contribution is -0.115. The molecule has 0 aliphatic carbocycles. The summed E-state index contributed by atoms with van der Waals surface area (Å²) in [5, 5.41) is 5.40. The second-order valence-corrected chi connectivity index (χ2v) is 4.60. The maximum absolute atomic E-state index is 11.3. The summed E-state index contributed by atoms with van der Waals surface area (Å²) in [7, 11) is 0. The van der Waals surface area contributed by atoms with Crippen LogP contribution in [0.1, 0.15) is 40.0 Å². The third-order valence-electron chi connectivity index (χ3n) is 2.64. The molecule has 2 amide bonds. The van der Waals surface area contributed by atoms with Gasteiger partial charge in [0.1, 0.15) is 11.4 Å². The lowest BCUT2D eigenvalue weighted by Gasteiger charge is -2.16. The lowest BCUT2D eigenvalue weighted by Crippen LogP contribution is -2.13. The summed E-state index contributed by atoms with van der Waals surface area (Å²) in [4.78, 5) is 22.5. The van der Waals surface area contributed by atoms with Gasteiger partial charge in [-0.3, -0.25) is 9.59 Å². The predicted octanol–water partition coefficient (Wildman–Crippen LogP) is 3.17. The first kappa shape index (κ1) is 16.0. The molecule has 5 heteroatoms. The highest BCUT2D eigenvalue weighted by atomic mass is 16.5. The number of hydrogen-bond donors (Lipinski definition) is 2. The van der Waals surface area contributed by atoms with Gasteiger partial charge in [-0.25, -0.2) is 0 Å². The molecule has 0 heterocycles. The first-order valence-electron chi connectivity index (χ1n) is 6.85. The SMILES string of the molecule is CCCCCOc1cccc(NC(C)=O)c1NC(C)=O. The third kappa shape index (κ3) is 5.30. The molecule has 0 bridgehead atoms. The number of carbonyl (C=O) groups excluding carboxylic acids is 2. The minimum Gasteiger partial charge on any atom is -0.491 e. The summed E-state index contributed by atoms with van der Waals surface area (Å²) in [6.45, 7) is 5.56. The van der Waals surface area contributed by atoms with E-state index < -0.39 is 0 Å². The van der Waals surface area contributed by atoms with E-state index in [1.165, 1.54) is 13.8 Å². The van der Waals surface area contributed by atoms with Crippen LogP contribution < -0.4 is 15.4 Å². The molecule has 0 aromatic heterocycles. The predicted molar refractivity (Wildman–Crippen MR) is 80.1 cm³/mol. The van der Waals surface area contributed by atoms with Crippen LogP contribution in [0.5, 0.6) is 5.75 Å². The van der Waals surface area contributed by atoms with Crippen molar-refractivity contribution in [3.63, 3.8) is 0 Å². The van der Waals surface area contributed by atoms with Gasteiger partial charge in [-0.15, -0.1) is 0 Å². The Hall–Kier alpha value is -2.04. The summed E-state index contributed by atoms with van der Waals surface area (Å²) in [5.74, 6) is 0.170. The monoisotopic (exact) mass is 278 g/mol. The van der Waals surface area contributed by atoms with E-state index in [0.29, 0.717) is 23.7 Å². The van der Waals surface area contributed by atoms with E-state index in [9.17, 15) is 9.59 Å². The fourth-order valence-corrected chi connectivity index (χ4v) is 1.78. The van der Waals surface area contributed by atoms with Crippen LogP contribution >= 0.6 is 0 Å². The molecule has 20 heavy (non-hydrogen) atoms. The minimum atomic E-state index is -0.207. The number of rotatable bonds is 7. The second-order valence-electron chi connectivity index (χ2n) is 4.60. The van der Waals surface area contributed by atoms with E-state index >= 15 is 0 Å². The molecule has 0 aliphatic heterocycles. The quantitative estimate of drug-likeness (QED) is 0.753. The van der Waals surface area contributed by atoms with Gasteiger partial charge in [0.15, 0.2) is 0 Å². The van der Waals surface area contributed by atoms with Gasteiger partial charge in [-0.05, 0) is 18.6 Å². The number of carbonyl (C=O) groups is 2. The summed E-state index contributed by atoms with van der Waals surface area (Å²) >= 11 is 0. The van der Waals surface area contributed by atoms with Crippen LogP contribution in [0.3, 0.4) is 0 Å². The molecule has 0 unspecified atom stereocenters. The van der Waals surface area contributed by atoms with Gasteiger partial charge >= 0.3 is 0 Å². The molecular weight excluding hydrogens is 256 g/mol. The second kappa shape index (κ2) is 8.19. The van der Waals surface area contributed by atoms with E-state index in [2.05, 4.69) is 17.6 Å². The Morgan fingerprint density at radius 1 is 1.10 bits per heavy atom. The van der Waals surface area contributed by atoms with Crippen LogP contribution in [0.4, 0.5) is 11.4 Å². The highest BCUT2D eigenvalue weighted by molar-refractivity contribution is 6.00. The molecule has 1 aromatic rings. The lowest BCUT2D eigenvalue weighted by atomic mass is 10.2. The zero-order valence-corrected chi connectivity index (χ0v) is 12.3. The van der Waals surface area contributed by atoms with Gasteiger partial charge in [0.05, 0.1) is 12.3 Å². The fraction of sp³-hybridized carbons (Fsp3) is 0.467. The van der Waals surface area contributed by atoms with Crippen molar-refractivity contribution in [2.45, 2.75) is 40.0 Å². The highest BCUT2D eigenvalue weighted by Crippen LogP contribution is 2.32. The molecule has 2 N–H and O–H groups in total. The van der Waals surface area contributed by atoms with Gasteiger partial charge in [0.25, 0.3) is 0 Å². The van der Waals surface area contributed by atoms with Crippen molar-refractivity contribution in [2.24, 2.45) is 0 Å². The molecule has 0 fully saturated rings. The Bertz CT molecular complexity index is 472.